The Labute approximate surface area is 108 Å². The van der Waals surface area contributed by atoms with E-state index in [4.69, 9.17) is 4.42 Å². The van der Waals surface area contributed by atoms with Gasteiger partial charge in [-0.1, -0.05) is 0 Å². The van der Waals surface area contributed by atoms with Crippen molar-refractivity contribution < 1.29 is 12.8 Å². The van der Waals surface area contributed by atoms with Gasteiger partial charge in [-0.3, -0.25) is 0 Å². The number of rotatable bonds is 7. The van der Waals surface area contributed by atoms with Crippen LogP contribution in [-0.4, -0.2) is 26.8 Å². The van der Waals surface area contributed by atoms with Gasteiger partial charge in [-0.2, -0.15) is 0 Å². The zero-order valence-electron chi connectivity index (χ0n) is 10.8. The molecule has 0 bridgehead atoms. The van der Waals surface area contributed by atoms with Gasteiger partial charge in [-0.15, -0.1) is 0 Å². The number of hydrogen-bond acceptors (Lipinski definition) is 4. The van der Waals surface area contributed by atoms with E-state index in [1.807, 2.05) is 26.0 Å². The highest BCUT2D eigenvalue weighted by atomic mass is 32.2. The van der Waals surface area contributed by atoms with Crippen molar-refractivity contribution >= 4 is 10.0 Å². The molecular weight excluding hydrogens is 252 g/mol. The molecule has 0 amide bonds. The van der Waals surface area contributed by atoms with Crippen molar-refractivity contribution in [3.8, 4) is 0 Å². The van der Waals surface area contributed by atoms with Crippen LogP contribution in [0.1, 0.15) is 37.3 Å². The number of hydrogen-bond donors (Lipinski definition) is 2. The molecule has 18 heavy (non-hydrogen) atoms. The lowest BCUT2D eigenvalue weighted by Gasteiger charge is -2.11. The Bertz CT molecular complexity index is 491. The molecule has 0 radical (unpaired) electrons. The van der Waals surface area contributed by atoms with Crippen LogP contribution in [0.2, 0.25) is 0 Å². The first-order valence-corrected chi connectivity index (χ1v) is 7.91. The molecule has 1 atom stereocenters. The van der Waals surface area contributed by atoms with E-state index in [1.54, 1.807) is 0 Å². The Balaban J connectivity index is 1.74. The monoisotopic (exact) mass is 272 g/mol. The van der Waals surface area contributed by atoms with Gasteiger partial charge >= 0.3 is 0 Å². The first kappa shape index (κ1) is 13.6. The summed E-state index contributed by atoms with van der Waals surface area (Å²) < 4.78 is 31.4. The Kier molecular flexibility index (Phi) is 4.09. The van der Waals surface area contributed by atoms with Crippen LogP contribution in [0.25, 0.3) is 0 Å². The standard InChI is InChI=1S/C12H20N2O3S/c1-9-3-6-12(17-9)10(2)13-7-8-18(15,16)14-11-4-5-11/h3,6,10-11,13-14H,4-5,7-8H2,1-2H3. The third-order valence-corrected chi connectivity index (χ3v) is 4.37. The second-order valence-electron chi connectivity index (χ2n) is 4.84. The first-order valence-electron chi connectivity index (χ1n) is 6.26. The molecule has 1 aliphatic rings. The average molecular weight is 272 g/mol. The van der Waals surface area contributed by atoms with Crippen molar-refractivity contribution in [1.29, 1.82) is 0 Å². The smallest absolute Gasteiger partial charge is 0.213 e. The maximum Gasteiger partial charge on any atom is 0.213 e. The van der Waals surface area contributed by atoms with Crippen molar-refractivity contribution in [2.24, 2.45) is 0 Å². The Morgan fingerprint density at radius 2 is 2.17 bits per heavy atom. The zero-order valence-corrected chi connectivity index (χ0v) is 11.6. The van der Waals surface area contributed by atoms with Gasteiger partial charge in [0.15, 0.2) is 0 Å². The highest BCUT2D eigenvalue weighted by Gasteiger charge is 2.26. The quantitative estimate of drug-likeness (QED) is 0.785. The molecule has 0 aromatic carbocycles. The lowest BCUT2D eigenvalue weighted by molar-refractivity contribution is 0.421. The molecule has 1 saturated carbocycles. The van der Waals surface area contributed by atoms with Crippen molar-refractivity contribution in [1.82, 2.24) is 10.0 Å². The molecule has 2 N–H and O–H groups in total. The lowest BCUT2D eigenvalue weighted by Crippen LogP contribution is -2.33. The van der Waals surface area contributed by atoms with Crippen molar-refractivity contribution in [3.05, 3.63) is 23.7 Å². The average Bonchev–Trinajstić information content (AvgIpc) is 2.96. The summed E-state index contributed by atoms with van der Waals surface area (Å²) >= 11 is 0. The van der Waals surface area contributed by atoms with Crippen LogP contribution in [-0.2, 0) is 10.0 Å². The van der Waals surface area contributed by atoms with Gasteiger partial charge in [-0.25, -0.2) is 13.1 Å². The van der Waals surface area contributed by atoms with Gasteiger partial charge in [0.1, 0.15) is 11.5 Å². The maximum absolute atomic E-state index is 11.6. The highest BCUT2D eigenvalue weighted by molar-refractivity contribution is 7.89. The number of furan rings is 1. The largest absolute Gasteiger partial charge is 0.465 e. The van der Waals surface area contributed by atoms with E-state index in [9.17, 15) is 8.42 Å². The van der Waals surface area contributed by atoms with Crippen molar-refractivity contribution in [2.45, 2.75) is 38.8 Å². The van der Waals surface area contributed by atoms with E-state index in [0.717, 1.165) is 24.4 Å². The first-order chi connectivity index (χ1) is 8.46. The minimum absolute atomic E-state index is 0.0230. The third-order valence-electron chi connectivity index (χ3n) is 2.93. The topological polar surface area (TPSA) is 71.3 Å². The zero-order chi connectivity index (χ0) is 13.2. The molecule has 1 heterocycles. The normalized spacial score (nSPS) is 17.9. The van der Waals surface area contributed by atoms with Crippen LogP contribution in [0.5, 0.6) is 0 Å². The van der Waals surface area contributed by atoms with E-state index >= 15 is 0 Å². The molecule has 1 aromatic rings. The molecule has 5 nitrogen and oxygen atoms in total. The number of sulfonamides is 1. The van der Waals surface area contributed by atoms with Gasteiger partial charge < -0.3 is 9.73 Å². The van der Waals surface area contributed by atoms with Gasteiger partial charge in [0, 0.05) is 12.6 Å². The molecule has 1 aliphatic carbocycles. The van der Waals surface area contributed by atoms with E-state index in [0.29, 0.717) is 6.54 Å². The van der Waals surface area contributed by atoms with Gasteiger partial charge in [0.05, 0.1) is 11.8 Å². The molecule has 0 aliphatic heterocycles. The summed E-state index contributed by atoms with van der Waals surface area (Å²) in [6, 6.07) is 4.01. The van der Waals surface area contributed by atoms with Gasteiger partial charge in [-0.05, 0) is 38.8 Å². The fraction of sp³-hybridized carbons (Fsp3) is 0.667. The van der Waals surface area contributed by atoms with E-state index in [1.165, 1.54) is 0 Å². The van der Waals surface area contributed by atoms with Crippen molar-refractivity contribution in [3.63, 3.8) is 0 Å². The molecule has 6 heteroatoms. The summed E-state index contributed by atoms with van der Waals surface area (Å²) in [5, 5.41) is 3.15. The lowest BCUT2D eigenvalue weighted by atomic mass is 10.2. The Morgan fingerprint density at radius 3 is 2.72 bits per heavy atom. The summed E-state index contributed by atoms with van der Waals surface area (Å²) in [4.78, 5) is 0. The fourth-order valence-electron chi connectivity index (χ4n) is 1.71. The maximum atomic E-state index is 11.6. The Hall–Kier alpha value is -0.850. The minimum atomic E-state index is -3.13. The fourth-order valence-corrected chi connectivity index (χ4v) is 2.96. The van der Waals surface area contributed by atoms with Gasteiger partial charge in [0.2, 0.25) is 10.0 Å². The van der Waals surface area contributed by atoms with Gasteiger partial charge in [0.25, 0.3) is 0 Å². The second kappa shape index (κ2) is 5.42. The predicted molar refractivity (Wildman–Crippen MR) is 69.8 cm³/mol. The highest BCUT2D eigenvalue weighted by Crippen LogP contribution is 2.19. The van der Waals surface area contributed by atoms with Crippen LogP contribution < -0.4 is 10.0 Å². The molecule has 102 valence electrons. The van der Waals surface area contributed by atoms with E-state index in [-0.39, 0.29) is 17.8 Å². The van der Waals surface area contributed by atoms with Crippen molar-refractivity contribution in [2.75, 3.05) is 12.3 Å². The summed E-state index contributed by atoms with van der Waals surface area (Å²) in [6.45, 7) is 4.27. The van der Waals surface area contributed by atoms with E-state index in [2.05, 4.69) is 10.0 Å². The number of aryl methyl sites for hydroxylation is 1. The summed E-state index contributed by atoms with van der Waals surface area (Å²) in [5.41, 5.74) is 0. The molecule has 1 aromatic heterocycles. The number of nitrogens with one attached hydrogen (secondary N) is 2. The molecule has 2 rings (SSSR count). The summed E-state index contributed by atoms with van der Waals surface area (Å²) in [7, 11) is -3.13. The Morgan fingerprint density at radius 1 is 1.44 bits per heavy atom. The minimum Gasteiger partial charge on any atom is -0.465 e. The van der Waals surface area contributed by atoms with E-state index < -0.39 is 10.0 Å². The van der Waals surface area contributed by atoms with Crippen LogP contribution in [0.4, 0.5) is 0 Å². The summed E-state index contributed by atoms with van der Waals surface area (Å²) in [5.74, 6) is 1.80. The third kappa shape index (κ3) is 4.12. The van der Waals surface area contributed by atoms with Crippen LogP contribution in [0.3, 0.4) is 0 Å². The molecular formula is C12H20N2O3S. The molecule has 1 fully saturated rings. The van der Waals surface area contributed by atoms with Crippen LogP contribution in [0.15, 0.2) is 16.5 Å². The second-order valence-corrected chi connectivity index (χ2v) is 6.71. The predicted octanol–water partition coefficient (Wildman–Crippen LogP) is 1.32. The molecule has 1 unspecified atom stereocenters. The summed E-state index contributed by atoms with van der Waals surface area (Å²) in [6.07, 6.45) is 1.93. The molecule has 0 spiro atoms. The molecule has 0 saturated heterocycles. The SMILES string of the molecule is Cc1ccc(C(C)NCCS(=O)(=O)NC2CC2)o1. The van der Waals surface area contributed by atoms with Crippen LogP contribution in [0, 0.1) is 6.92 Å². The van der Waals surface area contributed by atoms with Crippen LogP contribution >= 0.6 is 0 Å².